The molecule has 90 valence electrons. The summed E-state index contributed by atoms with van der Waals surface area (Å²) in [5, 5.41) is 15.7. The Morgan fingerprint density at radius 2 is 1.88 bits per heavy atom. The molecule has 4 nitrogen and oxygen atoms in total. The van der Waals surface area contributed by atoms with Crippen molar-refractivity contribution in [2.45, 2.75) is 0 Å². The minimum atomic E-state index is 0.0143. The third-order valence-electron chi connectivity index (χ3n) is 1.84. The fourth-order valence-corrected chi connectivity index (χ4v) is 1.15. The summed E-state index contributed by atoms with van der Waals surface area (Å²) in [6.07, 6.45) is 3.44. The number of benzene rings is 1. The highest BCUT2D eigenvalue weighted by Crippen LogP contribution is 2.24. The normalized spacial score (nSPS) is 9.56. The number of rotatable bonds is 4. The summed E-state index contributed by atoms with van der Waals surface area (Å²) in [6.45, 7) is 0.0143. The van der Waals surface area contributed by atoms with Crippen LogP contribution in [0.5, 0.6) is 11.5 Å². The second kappa shape index (κ2) is 8.76. The number of hydrogen-bond acceptors (Lipinski definition) is 4. The van der Waals surface area contributed by atoms with Crippen LogP contribution in [0.2, 0.25) is 0 Å². The maximum atomic E-state index is 8.66. The van der Waals surface area contributed by atoms with E-state index in [1.807, 2.05) is 18.2 Å². The Balaban J connectivity index is 0.00000106. The lowest BCUT2D eigenvalue weighted by Gasteiger charge is -2.06. The van der Waals surface area contributed by atoms with Crippen molar-refractivity contribution in [3.05, 3.63) is 29.8 Å². The summed E-state index contributed by atoms with van der Waals surface area (Å²) >= 11 is 0. The smallest absolute Gasteiger partial charge is 0.126 e. The van der Waals surface area contributed by atoms with Gasteiger partial charge in [0.05, 0.1) is 20.8 Å². The van der Waals surface area contributed by atoms with E-state index in [2.05, 4.69) is 0 Å². The minimum absolute atomic E-state index is 0.0143. The Morgan fingerprint density at radius 1 is 1.19 bits per heavy atom. The molecular weight excluding hydrogens is 208 g/mol. The van der Waals surface area contributed by atoms with E-state index in [-0.39, 0.29) is 6.61 Å². The first kappa shape index (κ1) is 14.5. The van der Waals surface area contributed by atoms with Gasteiger partial charge in [0.15, 0.2) is 0 Å². The highest BCUT2D eigenvalue weighted by molar-refractivity contribution is 5.59. The highest BCUT2D eigenvalue weighted by Gasteiger charge is 2.00. The van der Waals surface area contributed by atoms with Gasteiger partial charge in [-0.25, -0.2) is 0 Å². The largest absolute Gasteiger partial charge is 0.497 e. The molecule has 2 N–H and O–H groups in total. The van der Waals surface area contributed by atoms with E-state index in [9.17, 15) is 0 Å². The molecular formula is C12H18O4. The van der Waals surface area contributed by atoms with Crippen molar-refractivity contribution in [3.63, 3.8) is 0 Å². The van der Waals surface area contributed by atoms with Gasteiger partial charge in [-0.1, -0.05) is 12.2 Å². The van der Waals surface area contributed by atoms with Gasteiger partial charge in [0, 0.05) is 12.7 Å². The van der Waals surface area contributed by atoms with E-state index in [0.29, 0.717) is 0 Å². The van der Waals surface area contributed by atoms with E-state index >= 15 is 0 Å². The Hall–Kier alpha value is -1.52. The highest BCUT2D eigenvalue weighted by atomic mass is 16.5. The van der Waals surface area contributed by atoms with Crippen molar-refractivity contribution < 1.29 is 19.7 Å². The van der Waals surface area contributed by atoms with E-state index in [4.69, 9.17) is 19.7 Å². The number of methoxy groups -OCH3 is 2. The Labute approximate surface area is 95.8 Å². The summed E-state index contributed by atoms with van der Waals surface area (Å²) in [5.41, 5.74) is 0.890. The molecule has 0 aliphatic rings. The molecule has 0 heterocycles. The van der Waals surface area contributed by atoms with Crippen LogP contribution in [0.4, 0.5) is 0 Å². The van der Waals surface area contributed by atoms with E-state index in [0.717, 1.165) is 24.2 Å². The van der Waals surface area contributed by atoms with Crippen molar-refractivity contribution in [1.82, 2.24) is 0 Å². The van der Waals surface area contributed by atoms with Crippen LogP contribution in [-0.2, 0) is 0 Å². The van der Waals surface area contributed by atoms with Crippen molar-refractivity contribution in [2.24, 2.45) is 0 Å². The molecule has 1 aromatic rings. The molecule has 0 amide bonds. The van der Waals surface area contributed by atoms with Gasteiger partial charge in [0.2, 0.25) is 0 Å². The van der Waals surface area contributed by atoms with Crippen LogP contribution in [-0.4, -0.2) is 38.1 Å². The molecule has 0 fully saturated rings. The SMILES string of the molecule is CO.COc1ccc(OC)c(/C=C/CO)c1. The van der Waals surface area contributed by atoms with Gasteiger partial charge in [-0.2, -0.15) is 0 Å². The van der Waals surface area contributed by atoms with Gasteiger partial charge in [-0.3, -0.25) is 0 Å². The molecule has 0 aliphatic carbocycles. The Morgan fingerprint density at radius 3 is 2.38 bits per heavy atom. The molecule has 1 rings (SSSR count). The first-order valence-corrected chi connectivity index (χ1v) is 4.76. The third-order valence-corrected chi connectivity index (χ3v) is 1.84. The van der Waals surface area contributed by atoms with Gasteiger partial charge >= 0.3 is 0 Å². The van der Waals surface area contributed by atoms with Crippen LogP contribution < -0.4 is 9.47 Å². The first-order valence-electron chi connectivity index (χ1n) is 4.76. The van der Waals surface area contributed by atoms with Gasteiger partial charge in [0.1, 0.15) is 11.5 Å². The van der Waals surface area contributed by atoms with Crippen LogP contribution in [0.1, 0.15) is 5.56 Å². The molecule has 16 heavy (non-hydrogen) atoms. The van der Waals surface area contributed by atoms with Crippen LogP contribution in [0.3, 0.4) is 0 Å². The number of aliphatic hydroxyl groups excluding tert-OH is 2. The van der Waals surface area contributed by atoms with Gasteiger partial charge in [0.25, 0.3) is 0 Å². The maximum Gasteiger partial charge on any atom is 0.126 e. The zero-order chi connectivity index (χ0) is 12.4. The topological polar surface area (TPSA) is 58.9 Å². The molecule has 1 aromatic carbocycles. The van der Waals surface area contributed by atoms with Gasteiger partial charge in [-0.05, 0) is 18.2 Å². The summed E-state index contributed by atoms with van der Waals surface area (Å²) in [4.78, 5) is 0. The minimum Gasteiger partial charge on any atom is -0.497 e. The molecule has 0 spiro atoms. The molecule has 0 radical (unpaired) electrons. The van der Waals surface area contributed by atoms with Crippen LogP contribution >= 0.6 is 0 Å². The lowest BCUT2D eigenvalue weighted by atomic mass is 10.2. The predicted octanol–water partition coefficient (Wildman–Crippen LogP) is 1.32. The second-order valence-corrected chi connectivity index (χ2v) is 2.69. The van der Waals surface area contributed by atoms with Crippen LogP contribution in [0.15, 0.2) is 24.3 Å². The number of hydrogen-bond donors (Lipinski definition) is 2. The summed E-state index contributed by atoms with van der Waals surface area (Å²) in [7, 11) is 4.22. The summed E-state index contributed by atoms with van der Waals surface area (Å²) in [6, 6.07) is 5.51. The standard InChI is InChI=1S/C11H14O3.CH4O/c1-13-10-5-6-11(14-2)9(8-10)4-3-7-12;1-2/h3-6,8,12H,7H2,1-2H3;2H,1H3/b4-3+;. The predicted molar refractivity (Wildman–Crippen MR) is 63.8 cm³/mol. The van der Waals surface area contributed by atoms with E-state index < -0.39 is 0 Å². The van der Waals surface area contributed by atoms with Crippen molar-refractivity contribution in [1.29, 1.82) is 0 Å². The average Bonchev–Trinajstić information content (AvgIpc) is 2.38. The zero-order valence-corrected chi connectivity index (χ0v) is 9.80. The quantitative estimate of drug-likeness (QED) is 0.813. The Kier molecular flexibility index (Phi) is 7.93. The molecule has 0 saturated carbocycles. The van der Waals surface area contributed by atoms with Crippen molar-refractivity contribution >= 4 is 6.08 Å². The molecule has 0 bridgehead atoms. The average molecular weight is 226 g/mol. The lowest BCUT2D eigenvalue weighted by molar-refractivity contribution is 0.343. The number of ether oxygens (including phenoxy) is 2. The monoisotopic (exact) mass is 226 g/mol. The molecule has 0 unspecified atom stereocenters. The fraction of sp³-hybridized carbons (Fsp3) is 0.333. The molecule has 0 atom stereocenters. The summed E-state index contributed by atoms with van der Waals surface area (Å²) in [5.74, 6) is 1.53. The zero-order valence-electron chi connectivity index (χ0n) is 9.80. The lowest BCUT2D eigenvalue weighted by Crippen LogP contribution is -1.89. The van der Waals surface area contributed by atoms with E-state index in [1.54, 1.807) is 26.4 Å². The molecule has 0 saturated heterocycles. The summed E-state index contributed by atoms with van der Waals surface area (Å²) < 4.78 is 10.2. The fourth-order valence-electron chi connectivity index (χ4n) is 1.15. The number of aliphatic hydroxyl groups is 2. The molecule has 0 aromatic heterocycles. The molecule has 0 aliphatic heterocycles. The molecule has 4 heteroatoms. The van der Waals surface area contributed by atoms with Gasteiger partial charge < -0.3 is 19.7 Å². The van der Waals surface area contributed by atoms with Crippen molar-refractivity contribution in [2.75, 3.05) is 27.9 Å². The van der Waals surface area contributed by atoms with Gasteiger partial charge in [-0.15, -0.1) is 0 Å². The van der Waals surface area contributed by atoms with Crippen LogP contribution in [0.25, 0.3) is 6.08 Å². The second-order valence-electron chi connectivity index (χ2n) is 2.69. The van der Waals surface area contributed by atoms with Crippen molar-refractivity contribution in [3.8, 4) is 11.5 Å². The van der Waals surface area contributed by atoms with Crippen LogP contribution in [0, 0.1) is 0 Å². The maximum absolute atomic E-state index is 8.66. The third kappa shape index (κ3) is 4.33. The first-order chi connectivity index (χ1) is 7.81. The van der Waals surface area contributed by atoms with E-state index in [1.165, 1.54) is 0 Å². The Bertz CT molecular complexity index is 321.